The largest absolute Gasteiger partial charge is 0.291 e. The van der Waals surface area contributed by atoms with E-state index < -0.39 is 0 Å². The predicted molar refractivity (Wildman–Crippen MR) is 55.8 cm³/mol. The lowest BCUT2D eigenvalue weighted by molar-refractivity contribution is 0.509. The molecule has 0 amide bonds. The molecule has 1 aromatic rings. The van der Waals surface area contributed by atoms with Gasteiger partial charge >= 0.3 is 0 Å². The normalized spacial score (nSPS) is 37.5. The third-order valence-electron chi connectivity index (χ3n) is 3.75. The topological polar surface area (TPSA) is 3.01 Å². The van der Waals surface area contributed by atoms with Crippen LogP contribution in [0, 0.1) is 6.92 Å². The van der Waals surface area contributed by atoms with Crippen molar-refractivity contribution in [1.29, 1.82) is 0 Å². The van der Waals surface area contributed by atoms with Gasteiger partial charge in [0.1, 0.15) is 0 Å². The molecule has 1 aromatic carbocycles. The molecule has 3 atom stereocenters. The van der Waals surface area contributed by atoms with E-state index in [4.69, 9.17) is 0 Å². The van der Waals surface area contributed by atoms with Crippen LogP contribution < -0.4 is 0 Å². The van der Waals surface area contributed by atoms with Crippen molar-refractivity contribution in [2.45, 2.75) is 32.4 Å². The molecule has 0 aromatic heterocycles. The maximum atomic E-state index is 2.41. The number of nitrogens with zero attached hydrogens (tertiary/aromatic N) is 1. The van der Waals surface area contributed by atoms with Crippen molar-refractivity contribution in [1.82, 2.24) is 4.90 Å². The van der Waals surface area contributed by atoms with Gasteiger partial charge in [-0.3, -0.25) is 4.90 Å². The highest BCUT2D eigenvalue weighted by atomic mass is 15.4. The average molecular weight is 175 g/mol. The summed E-state index contributed by atoms with van der Waals surface area (Å²) in [5, 5.41) is 0. The zero-order valence-electron chi connectivity index (χ0n) is 8.83. The molecule has 1 aliphatic rings. The van der Waals surface area contributed by atoms with E-state index in [0.29, 0.717) is 6.04 Å². The highest BCUT2D eigenvalue weighted by Gasteiger charge is 2.54. The molecule has 1 nitrogen and oxygen atoms in total. The second kappa shape index (κ2) is 2.58. The van der Waals surface area contributed by atoms with Crippen molar-refractivity contribution in [3.63, 3.8) is 0 Å². The van der Waals surface area contributed by atoms with E-state index in [0.717, 1.165) is 0 Å². The summed E-state index contributed by atoms with van der Waals surface area (Å²) in [4.78, 5) is 2.41. The van der Waals surface area contributed by atoms with E-state index in [-0.39, 0.29) is 5.54 Å². The fourth-order valence-electron chi connectivity index (χ4n) is 2.30. The van der Waals surface area contributed by atoms with Crippen molar-refractivity contribution < 1.29 is 0 Å². The van der Waals surface area contributed by atoms with E-state index in [1.54, 1.807) is 0 Å². The Morgan fingerprint density at radius 1 is 1.31 bits per heavy atom. The molecule has 0 saturated carbocycles. The number of likely N-dealkylation sites (N-methyl/N-ethyl adjacent to an activating group) is 1. The Kier molecular flexibility index (Phi) is 1.74. The third-order valence-corrected chi connectivity index (χ3v) is 3.75. The smallest absolute Gasteiger partial charge is 0.0589 e. The van der Waals surface area contributed by atoms with E-state index >= 15 is 0 Å². The van der Waals surface area contributed by atoms with Crippen LogP contribution in [0.25, 0.3) is 0 Å². The van der Waals surface area contributed by atoms with Gasteiger partial charge in [-0.2, -0.15) is 0 Å². The van der Waals surface area contributed by atoms with Crippen LogP contribution in [-0.4, -0.2) is 18.0 Å². The highest BCUT2D eigenvalue weighted by Crippen LogP contribution is 2.48. The summed E-state index contributed by atoms with van der Waals surface area (Å²) in [6.45, 7) is 6.80. The SMILES string of the molecule is Cc1ccccc1[C@@]1(C)[C@@H](C)N1C. The first-order valence-corrected chi connectivity index (χ1v) is 4.87. The second-order valence-corrected chi connectivity index (χ2v) is 4.25. The maximum absolute atomic E-state index is 2.41. The zero-order chi connectivity index (χ0) is 9.64. The monoisotopic (exact) mass is 175 g/mol. The molecule has 0 spiro atoms. The standard InChI is InChI=1S/C12H17N/c1-9-7-5-6-8-11(9)12(3)10(2)13(12)4/h5-8,10H,1-4H3/t10-,12-,13?/m1/s1. The van der Waals surface area contributed by atoms with Crippen LogP contribution >= 0.6 is 0 Å². The van der Waals surface area contributed by atoms with Gasteiger partial charge in [-0.15, -0.1) is 0 Å². The fourth-order valence-corrected chi connectivity index (χ4v) is 2.30. The molecule has 0 aliphatic carbocycles. The minimum absolute atomic E-state index is 0.283. The van der Waals surface area contributed by atoms with E-state index in [1.165, 1.54) is 11.1 Å². The van der Waals surface area contributed by atoms with E-state index in [2.05, 4.69) is 57.0 Å². The maximum Gasteiger partial charge on any atom is 0.0589 e. The highest BCUT2D eigenvalue weighted by molar-refractivity contribution is 5.38. The van der Waals surface area contributed by atoms with Gasteiger partial charge in [0.05, 0.1) is 5.54 Å². The Labute approximate surface area is 80.4 Å². The molecule has 1 aliphatic heterocycles. The Balaban J connectivity index is 2.43. The summed E-state index contributed by atoms with van der Waals surface area (Å²) in [5.74, 6) is 0. The molecule has 1 saturated heterocycles. The number of rotatable bonds is 1. The van der Waals surface area contributed by atoms with Crippen molar-refractivity contribution in [2.24, 2.45) is 0 Å². The Morgan fingerprint density at radius 2 is 1.85 bits per heavy atom. The first kappa shape index (κ1) is 8.76. The second-order valence-electron chi connectivity index (χ2n) is 4.25. The van der Waals surface area contributed by atoms with Crippen molar-refractivity contribution in [3.05, 3.63) is 35.4 Å². The van der Waals surface area contributed by atoms with Crippen LogP contribution in [0.5, 0.6) is 0 Å². The van der Waals surface area contributed by atoms with Crippen LogP contribution in [0.15, 0.2) is 24.3 Å². The summed E-state index contributed by atoms with van der Waals surface area (Å²) >= 11 is 0. The molecule has 1 fully saturated rings. The van der Waals surface area contributed by atoms with Gasteiger partial charge in [0.25, 0.3) is 0 Å². The minimum atomic E-state index is 0.283. The minimum Gasteiger partial charge on any atom is -0.291 e. The lowest BCUT2D eigenvalue weighted by Gasteiger charge is -2.13. The molecule has 1 unspecified atom stereocenters. The van der Waals surface area contributed by atoms with Gasteiger partial charge in [-0.1, -0.05) is 24.3 Å². The molecule has 13 heavy (non-hydrogen) atoms. The quantitative estimate of drug-likeness (QED) is 0.593. The van der Waals surface area contributed by atoms with Gasteiger partial charge in [0.2, 0.25) is 0 Å². The summed E-state index contributed by atoms with van der Waals surface area (Å²) in [6.07, 6.45) is 0. The Morgan fingerprint density at radius 3 is 2.31 bits per heavy atom. The van der Waals surface area contributed by atoms with Gasteiger partial charge < -0.3 is 0 Å². The van der Waals surface area contributed by atoms with Crippen LogP contribution in [0.1, 0.15) is 25.0 Å². The molecule has 0 bridgehead atoms. The molecule has 70 valence electrons. The molecule has 2 rings (SSSR count). The van der Waals surface area contributed by atoms with Crippen molar-refractivity contribution in [3.8, 4) is 0 Å². The number of benzene rings is 1. The van der Waals surface area contributed by atoms with Crippen molar-refractivity contribution in [2.75, 3.05) is 7.05 Å². The van der Waals surface area contributed by atoms with Crippen molar-refractivity contribution >= 4 is 0 Å². The number of aryl methyl sites for hydroxylation is 1. The number of hydrogen-bond acceptors (Lipinski definition) is 1. The summed E-state index contributed by atoms with van der Waals surface area (Å²) in [6, 6.07) is 9.35. The molecular formula is C12H17N. The third kappa shape index (κ3) is 1.03. The predicted octanol–water partition coefficient (Wildman–Crippen LogP) is 2.54. The van der Waals surface area contributed by atoms with Gasteiger partial charge in [0, 0.05) is 6.04 Å². The molecule has 1 heterocycles. The first-order chi connectivity index (χ1) is 6.08. The average Bonchev–Trinajstić information content (AvgIpc) is 2.59. The fraction of sp³-hybridized carbons (Fsp3) is 0.500. The van der Waals surface area contributed by atoms with Gasteiger partial charge in [0.15, 0.2) is 0 Å². The van der Waals surface area contributed by atoms with E-state index in [9.17, 15) is 0 Å². The molecule has 0 N–H and O–H groups in total. The van der Waals surface area contributed by atoms with Crippen LogP contribution in [0.3, 0.4) is 0 Å². The van der Waals surface area contributed by atoms with E-state index in [1.807, 2.05) is 0 Å². The summed E-state index contributed by atoms with van der Waals surface area (Å²) in [7, 11) is 2.19. The summed E-state index contributed by atoms with van der Waals surface area (Å²) in [5.41, 5.74) is 3.16. The number of hydrogen-bond donors (Lipinski definition) is 0. The Bertz CT molecular complexity index is 322. The van der Waals surface area contributed by atoms with Gasteiger partial charge in [-0.05, 0) is 38.9 Å². The lowest BCUT2D eigenvalue weighted by Crippen LogP contribution is -2.11. The molecule has 1 heteroatoms. The lowest BCUT2D eigenvalue weighted by atomic mass is 9.93. The summed E-state index contributed by atoms with van der Waals surface area (Å²) < 4.78 is 0. The first-order valence-electron chi connectivity index (χ1n) is 4.87. The molecular weight excluding hydrogens is 158 g/mol. The molecule has 0 radical (unpaired) electrons. The van der Waals surface area contributed by atoms with Crippen LogP contribution in [0.2, 0.25) is 0 Å². The Hall–Kier alpha value is -0.820. The zero-order valence-corrected chi connectivity index (χ0v) is 8.83. The van der Waals surface area contributed by atoms with Crippen LogP contribution in [0.4, 0.5) is 0 Å². The van der Waals surface area contributed by atoms with Crippen LogP contribution in [-0.2, 0) is 5.54 Å². The van der Waals surface area contributed by atoms with Gasteiger partial charge in [-0.25, -0.2) is 0 Å².